The highest BCUT2D eigenvalue weighted by atomic mass is 79.9. The normalized spacial score (nSPS) is 10.5. The fourth-order valence-electron chi connectivity index (χ4n) is 1.59. The molecule has 0 atom stereocenters. The summed E-state index contributed by atoms with van der Waals surface area (Å²) in [5, 5.41) is 2.95. The second-order valence-electron chi connectivity index (χ2n) is 4.41. The van der Waals surface area contributed by atoms with Crippen LogP contribution < -0.4 is 5.32 Å². The minimum absolute atomic E-state index is 0.333. The summed E-state index contributed by atoms with van der Waals surface area (Å²) in [7, 11) is 0. The molecule has 0 aliphatic rings. The van der Waals surface area contributed by atoms with E-state index in [0.717, 1.165) is 10.0 Å². The predicted molar refractivity (Wildman–Crippen MR) is 92.0 cm³/mol. The number of ether oxygens (including phenoxy) is 1. The van der Waals surface area contributed by atoms with Gasteiger partial charge in [-0.25, -0.2) is 9.78 Å². The average Bonchev–Trinajstić information content (AvgIpc) is 2.53. The molecule has 0 unspecified atom stereocenters. The monoisotopic (exact) mass is 394 g/mol. The number of halogens is 2. The molecule has 0 saturated heterocycles. The number of amides is 1. The molecule has 1 aromatic heterocycles. The molecule has 0 aliphatic carbocycles. The second-order valence-corrected chi connectivity index (χ2v) is 5.76. The maximum Gasteiger partial charge on any atom is 0.331 e. The van der Waals surface area contributed by atoms with E-state index in [4.69, 9.17) is 16.3 Å². The molecule has 5 nitrogen and oxygen atoms in total. The molecule has 1 amide bonds. The van der Waals surface area contributed by atoms with Crippen molar-refractivity contribution in [2.45, 2.75) is 0 Å². The van der Waals surface area contributed by atoms with E-state index >= 15 is 0 Å². The van der Waals surface area contributed by atoms with Crippen molar-refractivity contribution in [3.63, 3.8) is 0 Å². The van der Waals surface area contributed by atoms with E-state index in [1.54, 1.807) is 18.2 Å². The number of hydrogen-bond donors (Lipinski definition) is 1. The third kappa shape index (κ3) is 6.22. The van der Waals surface area contributed by atoms with Crippen LogP contribution in [0.25, 0.3) is 6.08 Å². The molecule has 1 N–H and O–H groups in total. The van der Waals surface area contributed by atoms with Gasteiger partial charge in [0.25, 0.3) is 5.91 Å². The number of nitrogens with zero attached hydrogens (tertiary/aromatic N) is 1. The van der Waals surface area contributed by atoms with Crippen molar-refractivity contribution in [2.24, 2.45) is 0 Å². The van der Waals surface area contributed by atoms with E-state index in [2.05, 4.69) is 26.2 Å². The first-order valence-corrected chi connectivity index (χ1v) is 7.72. The van der Waals surface area contributed by atoms with Gasteiger partial charge in [-0.2, -0.15) is 0 Å². The van der Waals surface area contributed by atoms with Crippen molar-refractivity contribution >= 4 is 51.3 Å². The van der Waals surface area contributed by atoms with Crippen molar-refractivity contribution in [1.82, 2.24) is 4.98 Å². The Hall–Kier alpha value is -2.18. The van der Waals surface area contributed by atoms with E-state index in [9.17, 15) is 9.59 Å². The van der Waals surface area contributed by atoms with E-state index in [1.807, 2.05) is 24.3 Å². The fourth-order valence-corrected chi connectivity index (χ4v) is 2.12. The lowest BCUT2D eigenvalue weighted by Gasteiger charge is -2.04. The Balaban J connectivity index is 1.79. The van der Waals surface area contributed by atoms with Crippen LogP contribution in [0.4, 0.5) is 5.82 Å². The number of esters is 1. The zero-order chi connectivity index (χ0) is 16.7. The third-order valence-electron chi connectivity index (χ3n) is 2.60. The second kappa shape index (κ2) is 8.45. The number of nitrogens with one attached hydrogen (secondary N) is 1. The number of carbonyl (C=O) groups excluding carboxylic acids is 2. The van der Waals surface area contributed by atoms with Crippen LogP contribution in [0, 0.1) is 0 Å². The number of aromatic nitrogens is 1. The molecule has 0 radical (unpaired) electrons. The molecule has 0 saturated carbocycles. The van der Waals surface area contributed by atoms with Crippen LogP contribution in [0.3, 0.4) is 0 Å². The standard InChI is InChI=1S/C16H12BrClN2O3/c17-12-3-1-2-11(8-12)4-7-16(22)23-10-15(21)20-14-6-5-13(18)9-19-14/h1-9H,10H2,(H,19,20,21)/b7-4+. The Morgan fingerprint density at radius 2 is 2.13 bits per heavy atom. The Kier molecular flexibility index (Phi) is 6.31. The van der Waals surface area contributed by atoms with Gasteiger partial charge in [0, 0.05) is 16.7 Å². The van der Waals surface area contributed by atoms with E-state index in [1.165, 1.54) is 12.3 Å². The molecule has 2 rings (SSSR count). The van der Waals surface area contributed by atoms with Crippen LogP contribution in [0.15, 0.2) is 53.1 Å². The summed E-state index contributed by atoms with van der Waals surface area (Å²) < 4.78 is 5.75. The van der Waals surface area contributed by atoms with Gasteiger partial charge in [-0.1, -0.05) is 39.7 Å². The van der Waals surface area contributed by atoms with Gasteiger partial charge in [-0.15, -0.1) is 0 Å². The van der Waals surface area contributed by atoms with Crippen LogP contribution in [0.5, 0.6) is 0 Å². The van der Waals surface area contributed by atoms with Crippen molar-refractivity contribution in [3.05, 3.63) is 63.7 Å². The summed E-state index contributed by atoms with van der Waals surface area (Å²) in [5.74, 6) is -0.756. The number of benzene rings is 1. The molecule has 0 bridgehead atoms. The molecule has 0 aliphatic heterocycles. The predicted octanol–water partition coefficient (Wildman–Crippen LogP) is 3.69. The van der Waals surface area contributed by atoms with Gasteiger partial charge in [0.2, 0.25) is 0 Å². The highest BCUT2D eigenvalue weighted by Crippen LogP contribution is 2.12. The molecule has 0 fully saturated rings. The SMILES string of the molecule is O=C(COC(=O)/C=C/c1cccc(Br)c1)Nc1ccc(Cl)cn1. The quantitative estimate of drug-likeness (QED) is 0.619. The molecule has 1 heterocycles. The maximum atomic E-state index is 11.6. The van der Waals surface area contributed by atoms with Gasteiger partial charge in [0.05, 0.1) is 5.02 Å². The molecule has 7 heteroatoms. The topological polar surface area (TPSA) is 68.3 Å². The summed E-state index contributed by atoms with van der Waals surface area (Å²) in [6.07, 6.45) is 4.27. The van der Waals surface area contributed by atoms with Gasteiger partial charge >= 0.3 is 5.97 Å². The molecular formula is C16H12BrClN2O3. The van der Waals surface area contributed by atoms with Crippen molar-refractivity contribution in [3.8, 4) is 0 Å². The van der Waals surface area contributed by atoms with Gasteiger partial charge in [-0.3, -0.25) is 4.79 Å². The summed E-state index contributed by atoms with van der Waals surface area (Å²) in [4.78, 5) is 27.1. The number of carbonyl (C=O) groups is 2. The number of anilines is 1. The van der Waals surface area contributed by atoms with Crippen LogP contribution >= 0.6 is 27.5 Å². The van der Waals surface area contributed by atoms with Gasteiger partial charge in [0.1, 0.15) is 5.82 Å². The maximum absolute atomic E-state index is 11.6. The van der Waals surface area contributed by atoms with Gasteiger partial charge in [0.15, 0.2) is 6.61 Å². The lowest BCUT2D eigenvalue weighted by Crippen LogP contribution is -2.20. The Bertz CT molecular complexity index is 732. The van der Waals surface area contributed by atoms with Crippen molar-refractivity contribution in [2.75, 3.05) is 11.9 Å². The Morgan fingerprint density at radius 3 is 2.83 bits per heavy atom. The zero-order valence-corrected chi connectivity index (χ0v) is 14.2. The fraction of sp³-hybridized carbons (Fsp3) is 0.0625. The number of rotatable bonds is 5. The van der Waals surface area contributed by atoms with Gasteiger partial charge in [-0.05, 0) is 35.9 Å². The summed E-state index contributed by atoms with van der Waals surface area (Å²) in [5.41, 5.74) is 0.839. The lowest BCUT2D eigenvalue weighted by molar-refractivity contribution is -0.142. The van der Waals surface area contributed by atoms with Crippen molar-refractivity contribution < 1.29 is 14.3 Å². The zero-order valence-electron chi connectivity index (χ0n) is 11.8. The third-order valence-corrected chi connectivity index (χ3v) is 3.32. The average molecular weight is 396 g/mol. The highest BCUT2D eigenvalue weighted by molar-refractivity contribution is 9.10. The van der Waals surface area contributed by atoms with Gasteiger partial charge < -0.3 is 10.1 Å². The van der Waals surface area contributed by atoms with E-state index < -0.39 is 18.5 Å². The summed E-state index contributed by atoms with van der Waals surface area (Å²) in [6.45, 7) is -0.397. The molecule has 1 aromatic carbocycles. The summed E-state index contributed by atoms with van der Waals surface area (Å²) >= 11 is 9.03. The van der Waals surface area contributed by atoms with Crippen molar-refractivity contribution in [1.29, 1.82) is 0 Å². The van der Waals surface area contributed by atoms with Crippen LogP contribution in [-0.4, -0.2) is 23.5 Å². The lowest BCUT2D eigenvalue weighted by atomic mass is 10.2. The van der Waals surface area contributed by atoms with Crippen LogP contribution in [0.1, 0.15) is 5.56 Å². The smallest absolute Gasteiger partial charge is 0.331 e. The largest absolute Gasteiger partial charge is 0.452 e. The molecule has 118 valence electrons. The first-order valence-electron chi connectivity index (χ1n) is 6.55. The Morgan fingerprint density at radius 1 is 1.30 bits per heavy atom. The minimum Gasteiger partial charge on any atom is -0.452 e. The van der Waals surface area contributed by atoms with Crippen LogP contribution in [-0.2, 0) is 14.3 Å². The highest BCUT2D eigenvalue weighted by Gasteiger charge is 2.06. The van der Waals surface area contributed by atoms with E-state index in [-0.39, 0.29) is 0 Å². The minimum atomic E-state index is -0.607. The number of pyridine rings is 1. The molecular weight excluding hydrogens is 384 g/mol. The number of hydrogen-bond acceptors (Lipinski definition) is 4. The van der Waals surface area contributed by atoms with E-state index in [0.29, 0.717) is 10.8 Å². The Labute approximate surface area is 146 Å². The first kappa shape index (κ1) is 17.2. The molecule has 0 spiro atoms. The first-order chi connectivity index (χ1) is 11.0. The molecule has 23 heavy (non-hydrogen) atoms. The molecule has 2 aromatic rings. The van der Waals surface area contributed by atoms with Crippen LogP contribution in [0.2, 0.25) is 5.02 Å². The summed E-state index contributed by atoms with van der Waals surface area (Å²) in [6, 6.07) is 10.6.